The van der Waals surface area contributed by atoms with Crippen LogP contribution < -0.4 is 4.74 Å². The number of hydrogen-bond donors (Lipinski definition) is 1. The Balaban J connectivity index is 1.07. The van der Waals surface area contributed by atoms with E-state index >= 15 is 0 Å². The van der Waals surface area contributed by atoms with Gasteiger partial charge in [-0.15, -0.1) is 0 Å². The Hall–Kier alpha value is -2.47. The molecule has 284 valence electrons. The SMILES string of the molecule is CCCCCCCC1OC(CC)CC(CC2CC(CC(C)O)OC(CCCCCCCCCCOc3ccc(-c4ccc(C#N)cc4)cc3)O2)O1. The fourth-order valence-corrected chi connectivity index (χ4v) is 7.45. The van der Waals surface area contributed by atoms with Crippen LogP contribution in [-0.4, -0.2) is 54.8 Å². The quantitative estimate of drug-likeness (QED) is 0.109. The van der Waals surface area contributed by atoms with Crippen molar-refractivity contribution in [3.8, 4) is 22.9 Å². The van der Waals surface area contributed by atoms with E-state index in [1.165, 1.54) is 64.2 Å². The molecular formula is C44H67NO6. The lowest BCUT2D eigenvalue weighted by Gasteiger charge is -2.40. The van der Waals surface area contributed by atoms with Crippen LogP contribution in [0.25, 0.3) is 11.1 Å². The summed E-state index contributed by atoms with van der Waals surface area (Å²) in [4.78, 5) is 0. The van der Waals surface area contributed by atoms with Crippen LogP contribution in [0.15, 0.2) is 48.5 Å². The Kier molecular flexibility index (Phi) is 19.4. The molecule has 0 bridgehead atoms. The van der Waals surface area contributed by atoms with E-state index in [9.17, 15) is 5.11 Å². The maximum atomic E-state index is 10.1. The predicted octanol–water partition coefficient (Wildman–Crippen LogP) is 11.0. The van der Waals surface area contributed by atoms with Crippen LogP contribution in [0.1, 0.15) is 155 Å². The Morgan fingerprint density at radius 1 is 0.667 bits per heavy atom. The summed E-state index contributed by atoms with van der Waals surface area (Å²) in [7, 11) is 0. The van der Waals surface area contributed by atoms with Crippen molar-refractivity contribution < 1.29 is 28.8 Å². The van der Waals surface area contributed by atoms with Crippen molar-refractivity contribution in [1.29, 1.82) is 5.26 Å². The van der Waals surface area contributed by atoms with Crippen molar-refractivity contribution in [3.05, 3.63) is 54.1 Å². The number of benzene rings is 2. The molecule has 0 aliphatic carbocycles. The maximum Gasteiger partial charge on any atom is 0.158 e. The minimum atomic E-state index is -0.380. The van der Waals surface area contributed by atoms with E-state index < -0.39 is 0 Å². The van der Waals surface area contributed by atoms with Crippen LogP contribution >= 0.6 is 0 Å². The molecule has 2 aromatic rings. The van der Waals surface area contributed by atoms with Crippen LogP contribution in [-0.2, 0) is 18.9 Å². The minimum absolute atomic E-state index is 0.0298. The average Bonchev–Trinajstić information content (AvgIpc) is 3.13. The molecule has 0 radical (unpaired) electrons. The van der Waals surface area contributed by atoms with Crippen molar-refractivity contribution in [2.24, 2.45) is 0 Å². The highest BCUT2D eigenvalue weighted by molar-refractivity contribution is 5.64. The molecule has 0 spiro atoms. The zero-order valence-corrected chi connectivity index (χ0v) is 31.9. The molecule has 7 unspecified atom stereocenters. The van der Waals surface area contributed by atoms with Gasteiger partial charge in [-0.1, -0.05) is 102 Å². The molecule has 7 atom stereocenters. The topological polar surface area (TPSA) is 90.2 Å². The first-order chi connectivity index (χ1) is 24.9. The van der Waals surface area contributed by atoms with Crippen molar-refractivity contribution in [2.45, 2.75) is 192 Å². The Labute approximate surface area is 309 Å². The number of nitrogens with zero attached hydrogens (tertiary/aromatic N) is 1. The fourth-order valence-electron chi connectivity index (χ4n) is 7.45. The van der Waals surface area contributed by atoms with Crippen LogP contribution in [0, 0.1) is 11.3 Å². The third-order valence-corrected chi connectivity index (χ3v) is 10.4. The van der Waals surface area contributed by atoms with Gasteiger partial charge in [-0.3, -0.25) is 0 Å². The molecule has 0 amide bonds. The molecule has 1 N–H and O–H groups in total. The summed E-state index contributed by atoms with van der Waals surface area (Å²) in [6, 6.07) is 18.0. The molecule has 51 heavy (non-hydrogen) atoms. The van der Waals surface area contributed by atoms with E-state index in [1.807, 2.05) is 43.3 Å². The Bertz CT molecular complexity index is 1230. The lowest BCUT2D eigenvalue weighted by Crippen LogP contribution is -2.44. The standard InChI is InChI=1S/C44H67NO6/c1-4-6-7-12-15-18-43-48-38(5-2)30-41(50-43)32-42-31-40(29-34(3)46)49-44(51-42)19-16-13-10-8-9-11-14-17-28-47-39-26-24-37(25-27-39)36-22-20-35(33-45)21-23-36/h20-27,34,38,40-44,46H,4-19,28-32H2,1-3H3. The van der Waals surface area contributed by atoms with E-state index in [-0.39, 0.29) is 43.1 Å². The summed E-state index contributed by atoms with van der Waals surface area (Å²) in [5.41, 5.74) is 2.90. The predicted molar refractivity (Wildman–Crippen MR) is 205 cm³/mol. The molecule has 7 heteroatoms. The van der Waals surface area contributed by atoms with Crippen molar-refractivity contribution >= 4 is 0 Å². The third-order valence-electron chi connectivity index (χ3n) is 10.4. The molecule has 4 rings (SSSR count). The summed E-state index contributed by atoms with van der Waals surface area (Å²) < 4.78 is 31.6. The highest BCUT2D eigenvalue weighted by Crippen LogP contribution is 2.32. The highest BCUT2D eigenvalue weighted by atomic mass is 16.7. The molecule has 2 aliphatic heterocycles. The van der Waals surface area contributed by atoms with Gasteiger partial charge in [0.25, 0.3) is 0 Å². The molecule has 2 aromatic carbocycles. The van der Waals surface area contributed by atoms with E-state index in [0.29, 0.717) is 12.0 Å². The number of aliphatic hydroxyl groups excluding tert-OH is 1. The number of nitriles is 1. The Morgan fingerprint density at radius 3 is 1.71 bits per heavy atom. The second kappa shape index (κ2) is 24.0. The summed E-state index contributed by atoms with van der Waals surface area (Å²) >= 11 is 0. The van der Waals surface area contributed by atoms with Crippen LogP contribution in [0.5, 0.6) is 5.75 Å². The molecule has 0 saturated carbocycles. The van der Waals surface area contributed by atoms with Gasteiger partial charge in [-0.25, -0.2) is 0 Å². The number of unbranched alkanes of at least 4 members (excludes halogenated alkanes) is 11. The van der Waals surface area contributed by atoms with E-state index in [0.717, 1.165) is 81.3 Å². The first-order valence-electron chi connectivity index (χ1n) is 20.5. The van der Waals surface area contributed by atoms with E-state index in [1.54, 1.807) is 0 Å². The lowest BCUT2D eigenvalue weighted by atomic mass is 9.96. The second-order valence-corrected chi connectivity index (χ2v) is 15.0. The lowest BCUT2D eigenvalue weighted by molar-refractivity contribution is -0.275. The largest absolute Gasteiger partial charge is 0.494 e. The monoisotopic (exact) mass is 705 g/mol. The summed E-state index contributed by atoms with van der Waals surface area (Å²) in [6.45, 7) is 7.07. The van der Waals surface area contributed by atoms with Gasteiger partial charge in [-0.05, 0) is 87.3 Å². The van der Waals surface area contributed by atoms with Crippen LogP contribution in [0.2, 0.25) is 0 Å². The number of hydrogen-bond acceptors (Lipinski definition) is 7. The summed E-state index contributed by atoms with van der Waals surface area (Å²) in [5, 5.41) is 19.1. The summed E-state index contributed by atoms with van der Waals surface area (Å²) in [6.07, 6.45) is 21.9. The fraction of sp³-hybridized carbons (Fsp3) is 0.705. The first kappa shape index (κ1) is 41.3. The second-order valence-electron chi connectivity index (χ2n) is 15.0. The maximum absolute atomic E-state index is 10.1. The average molecular weight is 706 g/mol. The van der Waals surface area contributed by atoms with Gasteiger partial charge in [0.2, 0.25) is 0 Å². The highest BCUT2D eigenvalue weighted by Gasteiger charge is 2.35. The molecule has 0 aromatic heterocycles. The van der Waals surface area contributed by atoms with E-state index in [2.05, 4.69) is 32.0 Å². The molecule has 2 heterocycles. The van der Waals surface area contributed by atoms with Gasteiger partial charge in [0.05, 0.1) is 48.8 Å². The number of aliphatic hydroxyl groups is 1. The molecule has 2 saturated heterocycles. The van der Waals surface area contributed by atoms with E-state index in [4.69, 9.17) is 28.9 Å². The van der Waals surface area contributed by atoms with Gasteiger partial charge >= 0.3 is 0 Å². The van der Waals surface area contributed by atoms with Gasteiger partial charge in [-0.2, -0.15) is 5.26 Å². The van der Waals surface area contributed by atoms with Crippen LogP contribution in [0.4, 0.5) is 0 Å². The van der Waals surface area contributed by atoms with Crippen molar-refractivity contribution in [2.75, 3.05) is 6.61 Å². The number of ether oxygens (including phenoxy) is 5. The smallest absolute Gasteiger partial charge is 0.158 e. The van der Waals surface area contributed by atoms with Gasteiger partial charge in [0.1, 0.15) is 5.75 Å². The molecule has 2 aliphatic rings. The van der Waals surface area contributed by atoms with Crippen molar-refractivity contribution in [3.63, 3.8) is 0 Å². The Morgan fingerprint density at radius 2 is 1.16 bits per heavy atom. The molecule has 2 fully saturated rings. The minimum Gasteiger partial charge on any atom is -0.494 e. The third kappa shape index (κ3) is 16.0. The normalized spacial score (nSPS) is 24.2. The zero-order chi connectivity index (χ0) is 36.1. The molecular weight excluding hydrogens is 638 g/mol. The zero-order valence-electron chi connectivity index (χ0n) is 31.9. The van der Waals surface area contributed by atoms with Crippen molar-refractivity contribution in [1.82, 2.24) is 0 Å². The van der Waals surface area contributed by atoms with Gasteiger partial charge < -0.3 is 28.8 Å². The van der Waals surface area contributed by atoms with Crippen LogP contribution in [0.3, 0.4) is 0 Å². The first-order valence-corrected chi connectivity index (χ1v) is 20.5. The summed E-state index contributed by atoms with van der Waals surface area (Å²) in [5.74, 6) is 0.904. The van der Waals surface area contributed by atoms with Gasteiger partial charge in [0, 0.05) is 19.3 Å². The van der Waals surface area contributed by atoms with Gasteiger partial charge in [0.15, 0.2) is 12.6 Å². The number of rotatable bonds is 24. The molecule has 7 nitrogen and oxygen atoms in total.